The van der Waals surface area contributed by atoms with E-state index in [-0.39, 0.29) is 0 Å². The number of aromatic nitrogens is 1. The highest BCUT2D eigenvalue weighted by Crippen LogP contribution is 2.22. The average molecular weight is 361 g/mol. The third kappa shape index (κ3) is 3.85. The smallest absolute Gasteiger partial charge is 0.235 e. The van der Waals surface area contributed by atoms with Crippen LogP contribution in [0.15, 0.2) is 48.0 Å². The van der Waals surface area contributed by atoms with Crippen molar-refractivity contribution in [2.75, 3.05) is 10.0 Å². The van der Waals surface area contributed by atoms with Crippen molar-refractivity contribution < 1.29 is 8.42 Å². The molecule has 1 heterocycles. The van der Waals surface area contributed by atoms with Crippen LogP contribution in [0.25, 0.3) is 10.2 Å². The lowest BCUT2D eigenvalue weighted by atomic mass is 10.2. The monoisotopic (exact) mass is 361 g/mol. The minimum absolute atomic E-state index is 0.458. The van der Waals surface area contributed by atoms with E-state index in [0.717, 1.165) is 21.5 Å². The van der Waals surface area contributed by atoms with Gasteiger partial charge < -0.3 is 5.32 Å². The lowest BCUT2D eigenvalue weighted by molar-refractivity contribution is 0.593. The normalized spacial score (nSPS) is 11.8. The second kappa shape index (κ2) is 6.78. The molecule has 0 radical (unpaired) electrons. The Morgan fingerprint density at radius 3 is 2.50 bits per heavy atom. The van der Waals surface area contributed by atoms with Crippen LogP contribution in [0.3, 0.4) is 0 Å². The summed E-state index contributed by atoms with van der Waals surface area (Å²) in [5, 5.41) is 2.91. The molecule has 0 spiro atoms. The fourth-order valence-electron chi connectivity index (χ4n) is 2.14. The summed E-state index contributed by atoms with van der Waals surface area (Å²) in [6.45, 7) is 3.97. The van der Waals surface area contributed by atoms with Gasteiger partial charge in [0.1, 0.15) is 0 Å². The van der Waals surface area contributed by atoms with E-state index in [4.69, 9.17) is 0 Å². The summed E-state index contributed by atoms with van der Waals surface area (Å²) in [7, 11) is -3.31. The van der Waals surface area contributed by atoms with Crippen molar-refractivity contribution in [2.24, 2.45) is 0 Å². The lowest BCUT2D eigenvalue weighted by Crippen LogP contribution is -2.22. The van der Waals surface area contributed by atoms with Gasteiger partial charge in [-0.1, -0.05) is 12.1 Å². The zero-order chi connectivity index (χ0) is 17.2. The van der Waals surface area contributed by atoms with E-state index in [9.17, 15) is 8.42 Å². The molecular formula is C17H19N3O2S2. The summed E-state index contributed by atoms with van der Waals surface area (Å²) in [6, 6.07) is 13.5. The van der Waals surface area contributed by atoms with Crippen LogP contribution in [0.1, 0.15) is 19.4 Å². The van der Waals surface area contributed by atoms with Crippen LogP contribution >= 0.6 is 11.3 Å². The molecule has 0 aliphatic heterocycles. The molecule has 5 nitrogen and oxygen atoms in total. The average Bonchev–Trinajstić information content (AvgIpc) is 3.01. The number of hydrogen-bond acceptors (Lipinski definition) is 5. The molecular weight excluding hydrogens is 342 g/mol. The number of nitrogens with zero attached hydrogens (tertiary/aromatic N) is 1. The molecule has 2 N–H and O–H groups in total. The van der Waals surface area contributed by atoms with Gasteiger partial charge in [0, 0.05) is 17.9 Å². The van der Waals surface area contributed by atoms with Gasteiger partial charge in [-0.3, -0.25) is 4.72 Å². The van der Waals surface area contributed by atoms with E-state index in [1.165, 1.54) is 0 Å². The first-order chi connectivity index (χ1) is 11.4. The molecule has 0 amide bonds. The molecule has 126 valence electrons. The van der Waals surface area contributed by atoms with Crippen LogP contribution in [-0.4, -0.2) is 18.7 Å². The zero-order valence-corrected chi connectivity index (χ0v) is 15.1. The number of fused-ring (bicyclic) bond motifs is 1. The van der Waals surface area contributed by atoms with E-state index in [1.54, 1.807) is 37.3 Å². The first kappa shape index (κ1) is 16.7. The molecule has 0 saturated heterocycles. The summed E-state index contributed by atoms with van der Waals surface area (Å²) < 4.78 is 27.4. The van der Waals surface area contributed by atoms with E-state index in [2.05, 4.69) is 21.1 Å². The lowest BCUT2D eigenvalue weighted by Gasteiger charge is -2.11. The molecule has 0 bridgehead atoms. The van der Waals surface area contributed by atoms with Gasteiger partial charge in [0.2, 0.25) is 10.0 Å². The van der Waals surface area contributed by atoms with Crippen LogP contribution < -0.4 is 10.0 Å². The third-order valence-corrected chi connectivity index (χ3v) is 6.22. The first-order valence-electron chi connectivity index (χ1n) is 7.62. The molecule has 0 atom stereocenters. The van der Waals surface area contributed by atoms with Crippen molar-refractivity contribution in [1.82, 2.24) is 4.98 Å². The Balaban J connectivity index is 1.63. The molecule has 7 heteroatoms. The van der Waals surface area contributed by atoms with Crippen molar-refractivity contribution in [3.05, 3.63) is 53.5 Å². The maximum absolute atomic E-state index is 11.9. The Hall–Kier alpha value is -2.12. The second-order valence-corrected chi connectivity index (χ2v) is 8.90. The number of sulfonamides is 1. The van der Waals surface area contributed by atoms with Gasteiger partial charge in [-0.15, -0.1) is 11.3 Å². The van der Waals surface area contributed by atoms with Gasteiger partial charge in [-0.05, 0) is 49.7 Å². The largest absolute Gasteiger partial charge is 0.381 e. The van der Waals surface area contributed by atoms with E-state index in [0.29, 0.717) is 12.2 Å². The molecule has 0 aliphatic rings. The molecule has 0 fully saturated rings. The van der Waals surface area contributed by atoms with Crippen LogP contribution in [0.5, 0.6) is 0 Å². The standard InChI is InChI=1S/C17H19N3O2S2/c1-12(2)24(21,22)20-14-5-3-13(4-6-14)10-18-15-7-8-16-17(9-15)23-11-19-16/h3-9,11-12,18,20H,10H2,1-2H3. The molecule has 3 rings (SSSR count). The fourth-order valence-corrected chi connectivity index (χ4v) is 3.56. The van der Waals surface area contributed by atoms with Crippen molar-refractivity contribution in [2.45, 2.75) is 25.6 Å². The second-order valence-electron chi connectivity index (χ2n) is 5.78. The number of hydrogen-bond donors (Lipinski definition) is 2. The molecule has 0 saturated carbocycles. The van der Waals surface area contributed by atoms with Gasteiger partial charge in [0.15, 0.2) is 0 Å². The highest BCUT2D eigenvalue weighted by atomic mass is 32.2. The first-order valence-corrected chi connectivity index (χ1v) is 10.0. The van der Waals surface area contributed by atoms with E-state index < -0.39 is 15.3 Å². The molecule has 2 aromatic carbocycles. The van der Waals surface area contributed by atoms with Gasteiger partial charge in [-0.25, -0.2) is 13.4 Å². The molecule has 3 aromatic rings. The Bertz CT molecular complexity index is 932. The SMILES string of the molecule is CC(C)S(=O)(=O)Nc1ccc(CNc2ccc3ncsc3c2)cc1. The van der Waals surface area contributed by atoms with Crippen LogP contribution in [-0.2, 0) is 16.6 Å². The Morgan fingerprint density at radius 1 is 1.08 bits per heavy atom. The maximum Gasteiger partial charge on any atom is 0.235 e. The Labute approximate surface area is 145 Å². The number of nitrogens with one attached hydrogen (secondary N) is 2. The molecule has 0 unspecified atom stereocenters. The summed E-state index contributed by atoms with van der Waals surface area (Å²) in [4.78, 5) is 4.26. The van der Waals surface area contributed by atoms with Crippen molar-refractivity contribution >= 4 is 43.0 Å². The zero-order valence-electron chi connectivity index (χ0n) is 13.5. The minimum Gasteiger partial charge on any atom is -0.381 e. The quantitative estimate of drug-likeness (QED) is 0.694. The highest BCUT2D eigenvalue weighted by molar-refractivity contribution is 7.93. The van der Waals surface area contributed by atoms with Gasteiger partial charge in [0.05, 0.1) is 21.0 Å². The topological polar surface area (TPSA) is 71.1 Å². The Kier molecular flexibility index (Phi) is 4.73. The Morgan fingerprint density at radius 2 is 1.79 bits per heavy atom. The minimum atomic E-state index is -3.31. The molecule has 24 heavy (non-hydrogen) atoms. The number of benzene rings is 2. The van der Waals surface area contributed by atoms with Crippen molar-refractivity contribution in [1.29, 1.82) is 0 Å². The van der Waals surface area contributed by atoms with Crippen molar-refractivity contribution in [3.63, 3.8) is 0 Å². The van der Waals surface area contributed by atoms with Crippen molar-refractivity contribution in [3.8, 4) is 0 Å². The van der Waals surface area contributed by atoms with Crippen LogP contribution in [0.2, 0.25) is 0 Å². The summed E-state index contributed by atoms with van der Waals surface area (Å²) in [5.41, 5.74) is 5.54. The third-order valence-electron chi connectivity index (χ3n) is 3.66. The van der Waals surface area contributed by atoms with Gasteiger partial charge >= 0.3 is 0 Å². The predicted molar refractivity (Wildman–Crippen MR) is 101 cm³/mol. The van der Waals surface area contributed by atoms with Crippen LogP contribution in [0, 0.1) is 0 Å². The highest BCUT2D eigenvalue weighted by Gasteiger charge is 2.15. The van der Waals surface area contributed by atoms with Gasteiger partial charge in [0.25, 0.3) is 0 Å². The van der Waals surface area contributed by atoms with Crippen LogP contribution in [0.4, 0.5) is 11.4 Å². The van der Waals surface area contributed by atoms with E-state index >= 15 is 0 Å². The summed E-state index contributed by atoms with van der Waals surface area (Å²) in [6.07, 6.45) is 0. The number of thiazole rings is 1. The fraction of sp³-hybridized carbons (Fsp3) is 0.235. The van der Waals surface area contributed by atoms with Gasteiger partial charge in [-0.2, -0.15) is 0 Å². The van der Waals surface area contributed by atoms with E-state index in [1.807, 2.05) is 29.8 Å². The predicted octanol–water partition coefficient (Wildman–Crippen LogP) is 4.06. The number of rotatable bonds is 6. The summed E-state index contributed by atoms with van der Waals surface area (Å²) in [5.74, 6) is 0. The number of anilines is 2. The summed E-state index contributed by atoms with van der Waals surface area (Å²) >= 11 is 1.62. The molecule has 0 aliphatic carbocycles. The maximum atomic E-state index is 11.9. The molecule has 1 aromatic heterocycles.